The predicted octanol–water partition coefficient (Wildman–Crippen LogP) is 3.35. The van der Waals surface area contributed by atoms with E-state index in [1.54, 1.807) is 0 Å². The van der Waals surface area contributed by atoms with Crippen LogP contribution in [0.1, 0.15) is 49.1 Å². The summed E-state index contributed by atoms with van der Waals surface area (Å²) in [5.41, 5.74) is -1.56. The molecule has 0 amide bonds. The van der Waals surface area contributed by atoms with Crippen molar-refractivity contribution in [1.29, 1.82) is 0 Å². The fourth-order valence-electron chi connectivity index (χ4n) is 3.79. The largest absolute Gasteiger partial charge is 0.506 e. The number of thiocarbonyl (C=S) groups is 1. The third-order valence-corrected chi connectivity index (χ3v) is 5.77. The predicted molar refractivity (Wildman–Crippen MR) is 98.8 cm³/mol. The number of aliphatic hydroxyl groups is 2. The molecule has 8 heteroatoms. The van der Waals surface area contributed by atoms with E-state index in [1.165, 1.54) is 13.2 Å². The van der Waals surface area contributed by atoms with E-state index in [0.717, 1.165) is 6.07 Å². The van der Waals surface area contributed by atoms with E-state index in [0.29, 0.717) is 30.7 Å². The minimum Gasteiger partial charge on any atom is -0.506 e. The molecule has 2 saturated carbocycles. The van der Waals surface area contributed by atoms with E-state index in [1.807, 2.05) is 0 Å². The Labute approximate surface area is 161 Å². The molecule has 0 radical (unpaired) electrons. The highest BCUT2D eigenvalue weighted by molar-refractivity contribution is 7.81. The summed E-state index contributed by atoms with van der Waals surface area (Å²) in [6, 6.07) is 2.45. The Bertz CT molecular complexity index is 811. The molecule has 5 nitrogen and oxygen atoms in total. The van der Waals surface area contributed by atoms with Crippen LogP contribution in [0.3, 0.4) is 0 Å². The number of nitrogens with zero attached hydrogens (tertiary/aromatic N) is 1. The number of ether oxygens (including phenoxy) is 1. The first-order valence-electron chi connectivity index (χ1n) is 8.80. The van der Waals surface area contributed by atoms with Gasteiger partial charge in [-0.3, -0.25) is 9.78 Å². The Morgan fingerprint density at radius 2 is 2.22 bits per heavy atom. The molecule has 0 aromatic carbocycles. The molecule has 2 N–H and O–H groups in total. The Kier molecular flexibility index (Phi) is 5.69. The van der Waals surface area contributed by atoms with Gasteiger partial charge in [0, 0.05) is 24.1 Å². The lowest BCUT2D eigenvalue weighted by molar-refractivity contribution is -0.132. The van der Waals surface area contributed by atoms with E-state index in [4.69, 9.17) is 17.0 Å². The molecule has 1 heterocycles. The van der Waals surface area contributed by atoms with Gasteiger partial charge < -0.3 is 14.9 Å². The number of carbonyl (C=O) groups is 1. The Morgan fingerprint density at radius 1 is 1.48 bits per heavy atom. The van der Waals surface area contributed by atoms with Crippen molar-refractivity contribution in [3.8, 4) is 0 Å². The van der Waals surface area contributed by atoms with Crippen molar-refractivity contribution in [3.05, 3.63) is 34.7 Å². The van der Waals surface area contributed by atoms with Gasteiger partial charge >= 0.3 is 0 Å². The van der Waals surface area contributed by atoms with Gasteiger partial charge in [0.1, 0.15) is 17.1 Å². The molecular weight excluding hydrogens is 376 g/mol. The van der Waals surface area contributed by atoms with E-state index < -0.39 is 29.3 Å². The van der Waals surface area contributed by atoms with Gasteiger partial charge in [0.25, 0.3) is 6.43 Å². The summed E-state index contributed by atoms with van der Waals surface area (Å²) >= 11 is 5.38. The zero-order chi connectivity index (χ0) is 19.8. The molecule has 2 fully saturated rings. The number of aromatic nitrogens is 1. The number of pyridine rings is 1. The number of aliphatic hydroxyl groups excluding tert-OH is 1. The first-order chi connectivity index (χ1) is 12.8. The Morgan fingerprint density at radius 3 is 2.89 bits per heavy atom. The quantitative estimate of drug-likeness (QED) is 0.332. The third kappa shape index (κ3) is 3.66. The van der Waals surface area contributed by atoms with Crippen molar-refractivity contribution in [3.63, 3.8) is 0 Å². The standard InChI is InChI=1S/C19H21F2NO4S/c1-26-8-2-3-12-11(4-5-13(22-12)18(20)21)15(23)14-16(27)10-6-7-19(25,9-10)17(14)24/h4-5,10,18,23,25H,2-3,6-9H2,1H3. The first-order valence-corrected chi connectivity index (χ1v) is 9.21. The van der Waals surface area contributed by atoms with Gasteiger partial charge in [0.05, 0.1) is 11.3 Å². The smallest absolute Gasteiger partial charge is 0.280 e. The summed E-state index contributed by atoms with van der Waals surface area (Å²) in [4.78, 5) is 17.0. The van der Waals surface area contributed by atoms with Crippen molar-refractivity contribution in [2.24, 2.45) is 5.92 Å². The van der Waals surface area contributed by atoms with Crippen molar-refractivity contribution < 1.29 is 28.5 Å². The van der Waals surface area contributed by atoms with Crippen LogP contribution in [0.5, 0.6) is 0 Å². The fraction of sp³-hybridized carbons (Fsp3) is 0.526. The average molecular weight is 397 g/mol. The zero-order valence-corrected chi connectivity index (χ0v) is 15.7. The number of alkyl halides is 2. The van der Waals surface area contributed by atoms with Crippen LogP contribution in [-0.4, -0.2) is 45.2 Å². The second kappa shape index (κ2) is 7.69. The maximum atomic E-state index is 13.0. The number of carbonyl (C=O) groups excluding carboxylic acids is 1. The second-order valence-corrected chi connectivity index (χ2v) is 7.46. The molecule has 3 rings (SSSR count). The normalized spacial score (nSPS) is 26.8. The molecule has 146 valence electrons. The number of methoxy groups -OCH3 is 1. The molecule has 1 aromatic heterocycles. The number of aryl methyl sites for hydroxylation is 1. The van der Waals surface area contributed by atoms with E-state index in [2.05, 4.69) is 4.98 Å². The summed E-state index contributed by atoms with van der Waals surface area (Å²) in [5, 5.41) is 21.4. The summed E-state index contributed by atoms with van der Waals surface area (Å²) in [7, 11) is 1.53. The number of rotatable bonds is 6. The van der Waals surface area contributed by atoms with E-state index in [-0.39, 0.29) is 35.6 Å². The van der Waals surface area contributed by atoms with Crippen LogP contribution in [-0.2, 0) is 16.0 Å². The molecule has 0 aliphatic heterocycles. The summed E-state index contributed by atoms with van der Waals surface area (Å²) in [5.74, 6) is -1.14. The third-order valence-electron chi connectivity index (χ3n) is 5.23. The van der Waals surface area contributed by atoms with Gasteiger partial charge in [-0.05, 0) is 50.2 Å². The number of hydrogen-bond donors (Lipinski definition) is 2. The van der Waals surface area contributed by atoms with Crippen molar-refractivity contribution in [2.75, 3.05) is 13.7 Å². The van der Waals surface area contributed by atoms with Crippen LogP contribution in [0.4, 0.5) is 8.78 Å². The van der Waals surface area contributed by atoms with Crippen LogP contribution in [0.15, 0.2) is 17.7 Å². The summed E-state index contributed by atoms with van der Waals surface area (Å²) in [6.45, 7) is 0.399. The lowest BCUT2D eigenvalue weighted by atomic mass is 9.79. The van der Waals surface area contributed by atoms with E-state index in [9.17, 15) is 23.8 Å². The van der Waals surface area contributed by atoms with Gasteiger partial charge in [-0.1, -0.05) is 12.2 Å². The number of halogens is 2. The topological polar surface area (TPSA) is 79.7 Å². The molecule has 2 aliphatic rings. The van der Waals surface area contributed by atoms with Gasteiger partial charge in [0.15, 0.2) is 5.78 Å². The van der Waals surface area contributed by atoms with Crippen LogP contribution in [0, 0.1) is 5.92 Å². The molecule has 0 saturated heterocycles. The summed E-state index contributed by atoms with van der Waals surface area (Å²) < 4.78 is 31.1. The van der Waals surface area contributed by atoms with Crippen LogP contribution >= 0.6 is 12.2 Å². The first kappa shape index (κ1) is 20.0. The van der Waals surface area contributed by atoms with Crippen molar-refractivity contribution >= 4 is 28.6 Å². The Hall–Kier alpha value is -1.77. The maximum absolute atomic E-state index is 13.0. The molecule has 2 aliphatic carbocycles. The van der Waals surface area contributed by atoms with Gasteiger partial charge in [-0.25, -0.2) is 8.78 Å². The lowest BCUT2D eigenvalue weighted by Gasteiger charge is -2.29. The average Bonchev–Trinajstić information content (AvgIpc) is 3.01. The molecule has 2 bridgehead atoms. The highest BCUT2D eigenvalue weighted by atomic mass is 32.1. The molecule has 27 heavy (non-hydrogen) atoms. The zero-order valence-electron chi connectivity index (χ0n) is 14.9. The minimum atomic E-state index is -2.75. The Balaban J connectivity index is 2.07. The van der Waals surface area contributed by atoms with Crippen LogP contribution < -0.4 is 0 Å². The number of fused-ring (bicyclic) bond motifs is 2. The number of Topliss-reactive ketones (excluding diaryl/α,β-unsaturated/α-hetero) is 1. The fourth-order valence-corrected chi connectivity index (χ4v) is 4.18. The molecular formula is C19H21F2NO4S. The molecule has 1 aromatic rings. The highest BCUT2D eigenvalue weighted by Crippen LogP contribution is 2.45. The lowest BCUT2D eigenvalue weighted by Crippen LogP contribution is -2.43. The number of ketones is 1. The van der Waals surface area contributed by atoms with Crippen LogP contribution in [0.25, 0.3) is 5.76 Å². The molecule has 2 atom stereocenters. The van der Waals surface area contributed by atoms with Crippen molar-refractivity contribution in [1.82, 2.24) is 4.98 Å². The van der Waals surface area contributed by atoms with Crippen molar-refractivity contribution in [2.45, 2.75) is 44.1 Å². The molecule has 0 spiro atoms. The number of hydrogen-bond acceptors (Lipinski definition) is 6. The monoisotopic (exact) mass is 397 g/mol. The van der Waals surface area contributed by atoms with Crippen LogP contribution in [0.2, 0.25) is 0 Å². The summed E-state index contributed by atoms with van der Waals surface area (Å²) in [6.07, 6.45) is -0.793. The van der Waals surface area contributed by atoms with Gasteiger partial charge in [-0.15, -0.1) is 0 Å². The van der Waals surface area contributed by atoms with E-state index >= 15 is 0 Å². The minimum absolute atomic E-state index is 0.0826. The second-order valence-electron chi connectivity index (χ2n) is 7.02. The molecule has 2 unspecified atom stereocenters. The SMILES string of the molecule is COCCCc1nc(C(F)F)ccc1C(O)=C1C(=O)C2(O)CCC(C2)C1=S. The maximum Gasteiger partial charge on any atom is 0.280 e. The highest BCUT2D eigenvalue weighted by Gasteiger charge is 2.52. The van der Waals surface area contributed by atoms with Gasteiger partial charge in [-0.2, -0.15) is 0 Å². The van der Waals surface area contributed by atoms with Gasteiger partial charge in [0.2, 0.25) is 0 Å².